The predicted molar refractivity (Wildman–Crippen MR) is 106 cm³/mol. The summed E-state index contributed by atoms with van der Waals surface area (Å²) in [6.07, 6.45) is 0.346. The molecule has 6 heteroatoms. The van der Waals surface area contributed by atoms with E-state index in [1.165, 1.54) is 0 Å². The Labute approximate surface area is 156 Å². The van der Waals surface area contributed by atoms with Gasteiger partial charge in [0.25, 0.3) is 5.56 Å². The Morgan fingerprint density at radius 3 is 2.31 bits per heavy atom. The maximum absolute atomic E-state index is 12.8. The number of thioether (sulfide) groups is 1. The summed E-state index contributed by atoms with van der Waals surface area (Å²) < 4.78 is 3.32. The molecule has 0 aliphatic heterocycles. The monoisotopic (exact) mass is 367 g/mol. The molecule has 26 heavy (non-hydrogen) atoms. The van der Waals surface area contributed by atoms with Crippen molar-refractivity contribution in [2.75, 3.05) is 11.1 Å². The Morgan fingerprint density at radius 1 is 1.04 bits per heavy atom. The number of amides is 1. The van der Waals surface area contributed by atoms with Gasteiger partial charge in [0, 0.05) is 24.1 Å². The maximum Gasteiger partial charge on any atom is 0.295 e. The van der Waals surface area contributed by atoms with E-state index >= 15 is 0 Å². The Bertz CT molecular complexity index is 946. The smallest absolute Gasteiger partial charge is 0.295 e. The number of carbonyl (C=O) groups is 1. The number of nitrogens with zero attached hydrogens (tertiary/aromatic N) is 2. The topological polar surface area (TPSA) is 56.0 Å². The normalized spacial score (nSPS) is 10.7. The number of benzene rings is 2. The highest BCUT2D eigenvalue weighted by Crippen LogP contribution is 2.18. The van der Waals surface area contributed by atoms with Crippen LogP contribution in [-0.2, 0) is 11.8 Å². The van der Waals surface area contributed by atoms with Crippen molar-refractivity contribution in [3.63, 3.8) is 0 Å². The van der Waals surface area contributed by atoms with E-state index in [0.717, 1.165) is 16.3 Å². The fourth-order valence-electron chi connectivity index (χ4n) is 2.69. The second-order valence-electron chi connectivity index (χ2n) is 5.90. The molecule has 0 fully saturated rings. The molecule has 2 aromatic carbocycles. The summed E-state index contributed by atoms with van der Waals surface area (Å²) in [7, 11) is 1.81. The molecule has 0 spiro atoms. The van der Waals surface area contributed by atoms with Gasteiger partial charge < -0.3 is 5.32 Å². The maximum atomic E-state index is 12.8. The van der Waals surface area contributed by atoms with E-state index in [1.54, 1.807) is 21.1 Å². The van der Waals surface area contributed by atoms with Gasteiger partial charge in [-0.05, 0) is 31.2 Å². The number of carbonyl (C=O) groups excluding carboxylic acids is 1. The fourth-order valence-corrected chi connectivity index (χ4v) is 3.57. The first-order valence-corrected chi connectivity index (χ1v) is 9.38. The molecule has 0 saturated carbocycles. The molecule has 134 valence electrons. The summed E-state index contributed by atoms with van der Waals surface area (Å²) in [5.74, 6) is 0.508. The fraction of sp³-hybridized carbons (Fsp3) is 0.200. The van der Waals surface area contributed by atoms with Gasteiger partial charge in [0.1, 0.15) is 5.69 Å². The molecule has 0 radical (unpaired) electrons. The first-order valence-electron chi connectivity index (χ1n) is 8.39. The van der Waals surface area contributed by atoms with Gasteiger partial charge in [-0.25, -0.2) is 4.68 Å². The zero-order valence-corrected chi connectivity index (χ0v) is 15.6. The predicted octanol–water partition coefficient (Wildman–Crippen LogP) is 3.61. The van der Waals surface area contributed by atoms with Crippen molar-refractivity contribution in [1.82, 2.24) is 9.36 Å². The van der Waals surface area contributed by atoms with E-state index in [4.69, 9.17) is 0 Å². The molecule has 1 aromatic heterocycles. The SMILES string of the molecule is Cc1c(NC(=O)CCSc2ccccc2)c(=O)n(-c2ccccc2)n1C. The zero-order chi connectivity index (χ0) is 18.5. The van der Waals surface area contributed by atoms with Crippen LogP contribution in [0.1, 0.15) is 12.1 Å². The molecule has 0 atom stereocenters. The van der Waals surface area contributed by atoms with Crippen LogP contribution in [0.5, 0.6) is 0 Å². The lowest BCUT2D eigenvalue weighted by atomic mass is 10.3. The van der Waals surface area contributed by atoms with Gasteiger partial charge in [-0.2, -0.15) is 0 Å². The molecule has 0 bridgehead atoms. The van der Waals surface area contributed by atoms with Gasteiger partial charge in [0.05, 0.1) is 11.4 Å². The number of hydrogen-bond donors (Lipinski definition) is 1. The average molecular weight is 367 g/mol. The number of para-hydroxylation sites is 1. The number of rotatable bonds is 6. The number of anilines is 1. The minimum Gasteiger partial charge on any atom is -0.320 e. The average Bonchev–Trinajstić information content (AvgIpc) is 2.87. The number of aromatic nitrogens is 2. The molecule has 0 saturated heterocycles. The van der Waals surface area contributed by atoms with E-state index in [9.17, 15) is 9.59 Å². The second-order valence-corrected chi connectivity index (χ2v) is 7.06. The number of nitrogens with one attached hydrogen (secondary N) is 1. The summed E-state index contributed by atoms with van der Waals surface area (Å²) >= 11 is 1.62. The first kappa shape index (κ1) is 18.1. The first-order chi connectivity index (χ1) is 12.6. The van der Waals surface area contributed by atoms with Crippen molar-refractivity contribution in [2.24, 2.45) is 7.05 Å². The molecule has 3 rings (SSSR count). The zero-order valence-electron chi connectivity index (χ0n) is 14.8. The van der Waals surface area contributed by atoms with Gasteiger partial charge in [-0.15, -0.1) is 11.8 Å². The highest BCUT2D eigenvalue weighted by Gasteiger charge is 2.17. The quantitative estimate of drug-likeness (QED) is 0.677. The van der Waals surface area contributed by atoms with Gasteiger partial charge >= 0.3 is 0 Å². The van der Waals surface area contributed by atoms with Crippen LogP contribution in [0.3, 0.4) is 0 Å². The summed E-state index contributed by atoms with van der Waals surface area (Å²) in [6, 6.07) is 19.3. The molecule has 1 N–H and O–H groups in total. The Balaban J connectivity index is 1.70. The van der Waals surface area contributed by atoms with E-state index in [2.05, 4.69) is 5.32 Å². The van der Waals surface area contributed by atoms with Crippen LogP contribution in [0.4, 0.5) is 5.69 Å². The molecule has 3 aromatic rings. The third-order valence-electron chi connectivity index (χ3n) is 4.16. The lowest BCUT2D eigenvalue weighted by Crippen LogP contribution is -2.23. The lowest BCUT2D eigenvalue weighted by Gasteiger charge is -2.07. The molecule has 0 aliphatic rings. The second kappa shape index (κ2) is 8.10. The highest BCUT2D eigenvalue weighted by atomic mass is 32.2. The van der Waals surface area contributed by atoms with Crippen LogP contribution in [-0.4, -0.2) is 21.0 Å². The largest absolute Gasteiger partial charge is 0.320 e. The Morgan fingerprint density at radius 2 is 1.65 bits per heavy atom. The summed E-state index contributed by atoms with van der Waals surface area (Å²) in [4.78, 5) is 26.2. The van der Waals surface area contributed by atoms with E-state index < -0.39 is 0 Å². The van der Waals surface area contributed by atoms with Gasteiger partial charge in [-0.3, -0.25) is 14.3 Å². The highest BCUT2D eigenvalue weighted by molar-refractivity contribution is 7.99. The molecule has 1 amide bonds. The third kappa shape index (κ3) is 3.91. The molecule has 1 heterocycles. The molecular weight excluding hydrogens is 346 g/mol. The van der Waals surface area contributed by atoms with Gasteiger partial charge in [0.15, 0.2) is 0 Å². The van der Waals surface area contributed by atoms with E-state index in [1.807, 2.05) is 74.6 Å². The third-order valence-corrected chi connectivity index (χ3v) is 5.17. The van der Waals surface area contributed by atoms with Crippen LogP contribution < -0.4 is 10.9 Å². The molecule has 0 unspecified atom stereocenters. The van der Waals surface area contributed by atoms with E-state index in [-0.39, 0.29) is 11.5 Å². The minimum absolute atomic E-state index is 0.153. The minimum atomic E-state index is -0.222. The van der Waals surface area contributed by atoms with Gasteiger partial charge in [0.2, 0.25) is 5.91 Å². The van der Waals surface area contributed by atoms with Crippen molar-refractivity contribution >= 4 is 23.4 Å². The molecular formula is C20H21N3O2S. The van der Waals surface area contributed by atoms with Crippen LogP contribution >= 0.6 is 11.8 Å². The van der Waals surface area contributed by atoms with Crippen LogP contribution in [0, 0.1) is 6.92 Å². The van der Waals surface area contributed by atoms with Crippen molar-refractivity contribution in [3.05, 3.63) is 76.7 Å². The molecule has 0 aliphatic carbocycles. The van der Waals surface area contributed by atoms with Crippen molar-refractivity contribution < 1.29 is 4.79 Å². The summed E-state index contributed by atoms with van der Waals surface area (Å²) in [5.41, 5.74) is 1.61. The van der Waals surface area contributed by atoms with Crippen LogP contribution in [0.25, 0.3) is 5.69 Å². The Hall–Kier alpha value is -2.73. The van der Waals surface area contributed by atoms with Crippen molar-refractivity contribution in [2.45, 2.75) is 18.2 Å². The number of hydrogen-bond acceptors (Lipinski definition) is 3. The molecule has 5 nitrogen and oxygen atoms in total. The van der Waals surface area contributed by atoms with Crippen LogP contribution in [0.15, 0.2) is 70.4 Å². The van der Waals surface area contributed by atoms with Crippen LogP contribution in [0.2, 0.25) is 0 Å². The van der Waals surface area contributed by atoms with Crippen molar-refractivity contribution in [3.8, 4) is 5.69 Å². The summed E-state index contributed by atoms with van der Waals surface area (Å²) in [5, 5.41) is 2.79. The lowest BCUT2D eigenvalue weighted by molar-refractivity contribution is -0.115. The van der Waals surface area contributed by atoms with Crippen molar-refractivity contribution in [1.29, 1.82) is 0 Å². The van der Waals surface area contributed by atoms with Gasteiger partial charge in [-0.1, -0.05) is 36.4 Å². The standard InChI is InChI=1S/C20H21N3O2S/c1-15-19(20(25)23(22(15)2)16-9-5-3-6-10-16)21-18(24)13-14-26-17-11-7-4-8-12-17/h3-12H,13-14H2,1-2H3,(H,21,24). The Kier molecular flexibility index (Phi) is 5.63. The summed E-state index contributed by atoms with van der Waals surface area (Å²) in [6.45, 7) is 1.83. The van der Waals surface area contributed by atoms with E-state index in [0.29, 0.717) is 17.9 Å².